The van der Waals surface area contributed by atoms with Gasteiger partial charge in [0.1, 0.15) is 0 Å². The lowest BCUT2D eigenvalue weighted by Gasteiger charge is -2.06. The predicted molar refractivity (Wildman–Crippen MR) is 65.2 cm³/mol. The largest absolute Gasteiger partial charge is 0.472 e. The summed E-state index contributed by atoms with van der Waals surface area (Å²) in [5.74, 6) is 0. The highest BCUT2D eigenvalue weighted by atomic mass is 127. The quantitative estimate of drug-likeness (QED) is 0.878. The molecule has 0 atom stereocenters. The minimum absolute atomic E-state index is 0.802. The molecule has 0 aliphatic carbocycles. The fraction of sp³-hybridized carbons (Fsp3) is 0.0909. The Balaban J connectivity index is 2.02. The van der Waals surface area contributed by atoms with Gasteiger partial charge in [0, 0.05) is 21.4 Å². The molecule has 0 spiro atoms. The van der Waals surface area contributed by atoms with E-state index in [1.165, 1.54) is 3.57 Å². The molecular weight excluding hydrogens is 289 g/mol. The van der Waals surface area contributed by atoms with Crippen LogP contribution in [-0.4, -0.2) is 0 Å². The van der Waals surface area contributed by atoms with Gasteiger partial charge in [-0.2, -0.15) is 0 Å². The number of anilines is 1. The van der Waals surface area contributed by atoms with E-state index in [-0.39, 0.29) is 0 Å². The van der Waals surface area contributed by atoms with Gasteiger partial charge in [-0.15, -0.1) is 0 Å². The highest BCUT2D eigenvalue weighted by molar-refractivity contribution is 14.1. The van der Waals surface area contributed by atoms with Gasteiger partial charge < -0.3 is 9.73 Å². The topological polar surface area (TPSA) is 25.2 Å². The highest BCUT2D eigenvalue weighted by Gasteiger charge is 1.98. The van der Waals surface area contributed by atoms with Crippen LogP contribution in [0.15, 0.2) is 47.3 Å². The summed E-state index contributed by atoms with van der Waals surface area (Å²) in [6.07, 6.45) is 3.44. The van der Waals surface area contributed by atoms with E-state index in [1.807, 2.05) is 18.2 Å². The molecule has 0 saturated heterocycles. The van der Waals surface area contributed by atoms with Gasteiger partial charge in [-0.05, 0) is 40.8 Å². The van der Waals surface area contributed by atoms with Crippen LogP contribution in [0.2, 0.25) is 0 Å². The van der Waals surface area contributed by atoms with Crippen molar-refractivity contribution >= 4 is 28.3 Å². The molecule has 0 unspecified atom stereocenters. The van der Waals surface area contributed by atoms with E-state index >= 15 is 0 Å². The molecule has 0 fully saturated rings. The van der Waals surface area contributed by atoms with Crippen molar-refractivity contribution in [2.45, 2.75) is 6.54 Å². The van der Waals surface area contributed by atoms with E-state index in [9.17, 15) is 0 Å². The number of nitrogens with one attached hydrogen (secondary N) is 1. The van der Waals surface area contributed by atoms with Crippen molar-refractivity contribution in [3.63, 3.8) is 0 Å². The average molecular weight is 299 g/mol. The Morgan fingerprint density at radius 2 is 2.07 bits per heavy atom. The van der Waals surface area contributed by atoms with Crippen molar-refractivity contribution in [1.29, 1.82) is 0 Å². The maximum Gasteiger partial charge on any atom is 0.0952 e. The first-order valence-corrected chi connectivity index (χ1v) is 5.43. The van der Waals surface area contributed by atoms with Gasteiger partial charge in [0.2, 0.25) is 0 Å². The standard InChI is InChI=1S/C11H10INO/c12-10-3-1-2-4-11(10)13-7-9-5-6-14-8-9/h1-6,8,13H,7H2. The summed E-state index contributed by atoms with van der Waals surface area (Å²) in [5.41, 5.74) is 2.32. The normalized spacial score (nSPS) is 10.1. The lowest BCUT2D eigenvalue weighted by molar-refractivity contribution is 0.564. The third-order valence-corrected chi connectivity index (χ3v) is 2.88. The van der Waals surface area contributed by atoms with E-state index in [4.69, 9.17) is 4.42 Å². The zero-order chi connectivity index (χ0) is 9.80. The van der Waals surface area contributed by atoms with Gasteiger partial charge in [0.05, 0.1) is 12.5 Å². The Bertz CT molecular complexity index is 397. The summed E-state index contributed by atoms with van der Waals surface area (Å²) in [5, 5.41) is 3.35. The fourth-order valence-electron chi connectivity index (χ4n) is 1.20. The summed E-state index contributed by atoms with van der Waals surface area (Å²) < 4.78 is 6.22. The monoisotopic (exact) mass is 299 g/mol. The maximum atomic E-state index is 4.99. The maximum absolute atomic E-state index is 4.99. The van der Waals surface area contributed by atoms with Crippen molar-refractivity contribution in [2.75, 3.05) is 5.32 Å². The molecule has 0 saturated carbocycles. The Labute approximate surface area is 96.5 Å². The van der Waals surface area contributed by atoms with E-state index < -0.39 is 0 Å². The van der Waals surface area contributed by atoms with Crippen molar-refractivity contribution in [3.05, 3.63) is 52.0 Å². The third kappa shape index (κ3) is 2.29. The zero-order valence-electron chi connectivity index (χ0n) is 7.53. The second-order valence-corrected chi connectivity index (χ2v) is 4.13. The van der Waals surface area contributed by atoms with Gasteiger partial charge in [0.25, 0.3) is 0 Å². The van der Waals surface area contributed by atoms with E-state index in [2.05, 4.69) is 40.0 Å². The predicted octanol–water partition coefficient (Wildman–Crippen LogP) is 3.50. The van der Waals surface area contributed by atoms with Crippen molar-refractivity contribution < 1.29 is 4.42 Å². The van der Waals surface area contributed by atoms with E-state index in [0.29, 0.717) is 0 Å². The Morgan fingerprint density at radius 3 is 2.79 bits per heavy atom. The van der Waals surface area contributed by atoms with Crippen molar-refractivity contribution in [3.8, 4) is 0 Å². The molecule has 1 aromatic carbocycles. The first kappa shape index (κ1) is 9.58. The SMILES string of the molecule is Ic1ccccc1NCc1ccoc1. The first-order chi connectivity index (χ1) is 6.86. The third-order valence-electron chi connectivity index (χ3n) is 1.94. The average Bonchev–Trinajstić information content (AvgIpc) is 2.69. The van der Waals surface area contributed by atoms with Gasteiger partial charge in [0.15, 0.2) is 0 Å². The van der Waals surface area contributed by atoms with Crippen LogP contribution in [0.25, 0.3) is 0 Å². The number of furan rings is 1. The summed E-state index contributed by atoms with van der Waals surface area (Å²) in [6.45, 7) is 0.802. The van der Waals surface area contributed by atoms with Gasteiger partial charge >= 0.3 is 0 Å². The van der Waals surface area contributed by atoms with E-state index in [0.717, 1.165) is 17.8 Å². The highest BCUT2D eigenvalue weighted by Crippen LogP contribution is 2.17. The van der Waals surface area contributed by atoms with Crippen molar-refractivity contribution in [2.24, 2.45) is 0 Å². The van der Waals surface area contributed by atoms with Crippen LogP contribution >= 0.6 is 22.6 Å². The fourth-order valence-corrected chi connectivity index (χ4v) is 1.77. The van der Waals surface area contributed by atoms with Crippen LogP contribution in [0.5, 0.6) is 0 Å². The molecule has 14 heavy (non-hydrogen) atoms. The zero-order valence-corrected chi connectivity index (χ0v) is 9.69. The molecule has 0 aliphatic rings. The number of hydrogen-bond donors (Lipinski definition) is 1. The molecule has 2 rings (SSSR count). The molecule has 2 nitrogen and oxygen atoms in total. The van der Waals surface area contributed by atoms with Crippen LogP contribution in [-0.2, 0) is 6.54 Å². The Kier molecular flexibility index (Phi) is 3.08. The van der Waals surface area contributed by atoms with Crippen LogP contribution in [0, 0.1) is 3.57 Å². The minimum atomic E-state index is 0.802. The Morgan fingerprint density at radius 1 is 1.21 bits per heavy atom. The van der Waals surface area contributed by atoms with Crippen LogP contribution in [0.4, 0.5) is 5.69 Å². The molecule has 1 aromatic heterocycles. The first-order valence-electron chi connectivity index (χ1n) is 4.36. The summed E-state index contributed by atoms with van der Waals surface area (Å²) in [7, 11) is 0. The number of benzene rings is 1. The summed E-state index contributed by atoms with van der Waals surface area (Å²) >= 11 is 2.32. The number of halogens is 1. The molecule has 0 amide bonds. The molecule has 0 bridgehead atoms. The number of hydrogen-bond acceptors (Lipinski definition) is 2. The molecule has 1 heterocycles. The molecule has 1 N–H and O–H groups in total. The minimum Gasteiger partial charge on any atom is -0.472 e. The van der Waals surface area contributed by atoms with Crippen LogP contribution in [0.3, 0.4) is 0 Å². The number of para-hydroxylation sites is 1. The lowest BCUT2D eigenvalue weighted by atomic mass is 10.3. The van der Waals surface area contributed by atoms with E-state index in [1.54, 1.807) is 12.5 Å². The smallest absolute Gasteiger partial charge is 0.0952 e. The van der Waals surface area contributed by atoms with Gasteiger partial charge in [-0.1, -0.05) is 12.1 Å². The van der Waals surface area contributed by atoms with Crippen LogP contribution in [0.1, 0.15) is 5.56 Å². The molecule has 2 aromatic rings. The summed E-state index contributed by atoms with van der Waals surface area (Å²) in [4.78, 5) is 0. The molecule has 0 radical (unpaired) electrons. The molecule has 72 valence electrons. The van der Waals surface area contributed by atoms with Gasteiger partial charge in [-0.3, -0.25) is 0 Å². The Hall–Kier alpha value is -0.970. The second kappa shape index (κ2) is 4.50. The van der Waals surface area contributed by atoms with Crippen molar-refractivity contribution in [1.82, 2.24) is 0 Å². The molecule has 3 heteroatoms. The van der Waals surface area contributed by atoms with Gasteiger partial charge in [-0.25, -0.2) is 0 Å². The number of rotatable bonds is 3. The second-order valence-electron chi connectivity index (χ2n) is 2.96. The summed E-state index contributed by atoms with van der Waals surface area (Å²) in [6, 6.07) is 10.2. The van der Waals surface area contributed by atoms with Crippen LogP contribution < -0.4 is 5.32 Å². The molecule has 0 aliphatic heterocycles. The lowest BCUT2D eigenvalue weighted by Crippen LogP contribution is -1.99. The molecular formula is C11H10INO.